The molecule has 0 aromatic heterocycles. The number of para-hydroxylation sites is 3. The van der Waals surface area contributed by atoms with Gasteiger partial charge in [0.1, 0.15) is 0 Å². The molecule has 2 aliphatic rings. The molecule has 0 saturated heterocycles. The van der Waals surface area contributed by atoms with Crippen LogP contribution in [-0.2, 0) is 10.8 Å². The maximum absolute atomic E-state index is 2.57. The molecule has 0 radical (unpaired) electrons. The minimum atomic E-state index is 0.0239. The zero-order chi connectivity index (χ0) is 31.0. The van der Waals surface area contributed by atoms with Crippen molar-refractivity contribution in [3.8, 4) is 0 Å². The van der Waals surface area contributed by atoms with Crippen molar-refractivity contribution in [3.63, 3.8) is 0 Å². The largest absolute Gasteiger partial charge is 0.311 e. The summed E-state index contributed by atoms with van der Waals surface area (Å²) in [7, 11) is 0. The molecule has 0 N–H and O–H groups in total. The summed E-state index contributed by atoms with van der Waals surface area (Å²) in [6, 6.07) is 41.2. The zero-order valence-electron chi connectivity index (χ0n) is 27.4. The van der Waals surface area contributed by atoms with Crippen LogP contribution in [0.2, 0.25) is 0 Å². The van der Waals surface area contributed by atoms with Gasteiger partial charge in [0.15, 0.2) is 0 Å². The highest BCUT2D eigenvalue weighted by Gasteiger charge is 2.43. The Balaban J connectivity index is 1.60. The zero-order valence-corrected chi connectivity index (χ0v) is 27.4. The number of fused-ring (bicyclic) bond motifs is 4. The van der Waals surface area contributed by atoms with Crippen molar-refractivity contribution in [1.82, 2.24) is 0 Å². The normalized spacial score (nSPS) is 14.0. The third-order valence-corrected chi connectivity index (χ3v) is 9.50. The monoisotopic (exact) mass is 574 g/mol. The van der Waals surface area contributed by atoms with Crippen LogP contribution in [0.1, 0.15) is 78.0 Å². The summed E-state index contributed by atoms with van der Waals surface area (Å²) in [6.45, 7) is 18.7. The Morgan fingerprint density at radius 2 is 0.955 bits per heavy atom. The van der Waals surface area contributed by atoms with E-state index in [1.54, 1.807) is 0 Å². The molecule has 0 fully saturated rings. The SMILES string of the molecule is CC(C)c1cc2c3c(c1)N(c1cc(C(C)(C)C)cc(C(C)(C)C)c1)c1ccccc1B3c1ccccc1N2c1ccccc1. The van der Waals surface area contributed by atoms with Gasteiger partial charge >= 0.3 is 0 Å². The van der Waals surface area contributed by atoms with Crippen LogP contribution in [0.3, 0.4) is 0 Å². The van der Waals surface area contributed by atoms with Gasteiger partial charge in [-0.05, 0) is 98.4 Å². The molecule has 0 aliphatic carbocycles. The van der Waals surface area contributed by atoms with Gasteiger partial charge in [-0.25, -0.2) is 0 Å². The lowest BCUT2D eigenvalue weighted by Gasteiger charge is -2.45. The van der Waals surface area contributed by atoms with Gasteiger partial charge in [0.05, 0.1) is 0 Å². The number of hydrogen-bond acceptors (Lipinski definition) is 2. The van der Waals surface area contributed by atoms with E-state index in [1.807, 2.05) is 0 Å². The average molecular weight is 575 g/mol. The molecule has 3 heteroatoms. The second-order valence-electron chi connectivity index (χ2n) is 15.0. The summed E-state index contributed by atoms with van der Waals surface area (Å²) in [4.78, 5) is 5.06. The number of anilines is 6. The highest BCUT2D eigenvalue weighted by atomic mass is 15.2. The van der Waals surface area contributed by atoms with Crippen LogP contribution in [0.25, 0.3) is 0 Å². The third kappa shape index (κ3) is 4.56. The number of benzene rings is 5. The van der Waals surface area contributed by atoms with E-state index in [4.69, 9.17) is 0 Å². The molecule has 2 nitrogen and oxygen atoms in total. The van der Waals surface area contributed by atoms with Gasteiger partial charge in [0.25, 0.3) is 6.71 Å². The number of nitrogens with zero attached hydrogens (tertiary/aromatic N) is 2. The highest BCUT2D eigenvalue weighted by Crippen LogP contribution is 2.46. The topological polar surface area (TPSA) is 6.48 Å². The summed E-state index contributed by atoms with van der Waals surface area (Å²) in [5.41, 5.74) is 15.8. The average Bonchev–Trinajstić information content (AvgIpc) is 3.00. The molecule has 0 atom stereocenters. The Labute approximate surface area is 264 Å². The standard InChI is InChI=1S/C41H43BN2/c1-27(2)28-22-37-39-38(23-28)44(32-25-29(40(3,4)5)24-30(26-32)41(6,7)8)36-21-15-13-19-34(36)42(39)33-18-12-14-20-35(33)43(37)31-16-10-9-11-17-31/h9-27H,1-8H3. The first-order chi connectivity index (χ1) is 20.9. The van der Waals surface area contributed by atoms with Gasteiger partial charge in [-0.15, -0.1) is 0 Å². The van der Waals surface area contributed by atoms with Crippen molar-refractivity contribution in [2.24, 2.45) is 0 Å². The van der Waals surface area contributed by atoms with Crippen molar-refractivity contribution >= 4 is 57.2 Å². The fourth-order valence-corrected chi connectivity index (χ4v) is 6.99. The van der Waals surface area contributed by atoms with Crippen molar-refractivity contribution < 1.29 is 0 Å². The van der Waals surface area contributed by atoms with Crippen LogP contribution >= 0.6 is 0 Å². The molecule has 2 heterocycles. The van der Waals surface area contributed by atoms with Crippen LogP contribution in [0.15, 0.2) is 109 Å². The molecule has 5 aromatic rings. The van der Waals surface area contributed by atoms with Crippen LogP contribution < -0.4 is 26.2 Å². The molecule has 44 heavy (non-hydrogen) atoms. The Bertz CT molecular complexity index is 1840. The van der Waals surface area contributed by atoms with Gasteiger partial charge in [0, 0.05) is 34.1 Å². The summed E-state index contributed by atoms with van der Waals surface area (Å²) >= 11 is 0. The first-order valence-corrected chi connectivity index (χ1v) is 16.1. The van der Waals surface area contributed by atoms with E-state index >= 15 is 0 Å². The van der Waals surface area contributed by atoms with Gasteiger partial charge in [0.2, 0.25) is 0 Å². The Morgan fingerprint density at radius 1 is 0.500 bits per heavy atom. The molecule has 5 aromatic carbocycles. The van der Waals surface area contributed by atoms with Crippen molar-refractivity contribution in [2.45, 2.75) is 72.1 Å². The fraction of sp³-hybridized carbons (Fsp3) is 0.268. The van der Waals surface area contributed by atoms with Crippen LogP contribution in [0.5, 0.6) is 0 Å². The molecule has 0 unspecified atom stereocenters. The van der Waals surface area contributed by atoms with Gasteiger partial charge in [-0.3, -0.25) is 0 Å². The van der Waals surface area contributed by atoms with E-state index in [9.17, 15) is 0 Å². The highest BCUT2D eigenvalue weighted by molar-refractivity contribution is 7.00. The van der Waals surface area contributed by atoms with Crippen molar-refractivity contribution in [2.75, 3.05) is 9.80 Å². The molecule has 0 spiro atoms. The lowest BCUT2D eigenvalue weighted by molar-refractivity contribution is 0.569. The predicted molar refractivity (Wildman–Crippen MR) is 192 cm³/mol. The fourth-order valence-electron chi connectivity index (χ4n) is 6.99. The number of hydrogen-bond donors (Lipinski definition) is 0. The van der Waals surface area contributed by atoms with Gasteiger partial charge < -0.3 is 9.80 Å². The summed E-state index contributed by atoms with van der Waals surface area (Å²) in [6.07, 6.45) is 0. The molecule has 0 saturated carbocycles. The van der Waals surface area contributed by atoms with Crippen molar-refractivity contribution in [1.29, 1.82) is 0 Å². The molecule has 0 amide bonds. The minimum Gasteiger partial charge on any atom is -0.311 e. The van der Waals surface area contributed by atoms with E-state index in [-0.39, 0.29) is 17.5 Å². The predicted octanol–water partition coefficient (Wildman–Crippen LogP) is 9.49. The molecule has 220 valence electrons. The van der Waals surface area contributed by atoms with Gasteiger partial charge in [-0.1, -0.05) is 116 Å². The summed E-state index contributed by atoms with van der Waals surface area (Å²) in [5, 5.41) is 0. The second-order valence-corrected chi connectivity index (χ2v) is 15.0. The molecule has 0 bridgehead atoms. The third-order valence-electron chi connectivity index (χ3n) is 9.50. The maximum atomic E-state index is 2.57. The summed E-state index contributed by atoms with van der Waals surface area (Å²) in [5.74, 6) is 0.384. The molecular formula is C41H43BN2. The van der Waals surface area contributed by atoms with Crippen LogP contribution in [0.4, 0.5) is 34.1 Å². The maximum Gasteiger partial charge on any atom is 0.252 e. The lowest BCUT2D eigenvalue weighted by Crippen LogP contribution is -2.61. The van der Waals surface area contributed by atoms with E-state index in [0.717, 1.165) is 0 Å². The van der Waals surface area contributed by atoms with Crippen molar-refractivity contribution in [3.05, 3.63) is 126 Å². The van der Waals surface area contributed by atoms with Crippen LogP contribution in [0, 0.1) is 0 Å². The first-order valence-electron chi connectivity index (χ1n) is 16.1. The quantitative estimate of drug-likeness (QED) is 0.194. The first kappa shape index (κ1) is 28.5. The van der Waals surface area contributed by atoms with E-state index in [2.05, 4.69) is 174 Å². The minimum absolute atomic E-state index is 0.0239. The molecular weight excluding hydrogens is 531 g/mol. The number of rotatable bonds is 3. The molecule has 2 aliphatic heterocycles. The Morgan fingerprint density at radius 3 is 1.43 bits per heavy atom. The molecule has 7 rings (SSSR count). The Kier molecular flexibility index (Phi) is 6.59. The van der Waals surface area contributed by atoms with E-state index in [0.29, 0.717) is 5.92 Å². The second kappa shape index (κ2) is 10.2. The van der Waals surface area contributed by atoms with E-state index in [1.165, 1.54) is 67.2 Å². The van der Waals surface area contributed by atoms with E-state index < -0.39 is 0 Å². The smallest absolute Gasteiger partial charge is 0.252 e. The Hall–Kier alpha value is -4.24. The summed E-state index contributed by atoms with van der Waals surface area (Å²) < 4.78 is 0. The van der Waals surface area contributed by atoms with Gasteiger partial charge in [-0.2, -0.15) is 0 Å². The van der Waals surface area contributed by atoms with Crippen LogP contribution in [-0.4, -0.2) is 6.71 Å². The lowest BCUT2D eigenvalue weighted by atomic mass is 9.33.